The van der Waals surface area contributed by atoms with Crippen molar-refractivity contribution in [1.82, 2.24) is 5.32 Å². The first-order chi connectivity index (χ1) is 8.29. The van der Waals surface area contributed by atoms with Crippen molar-refractivity contribution < 1.29 is 9.53 Å². The van der Waals surface area contributed by atoms with Gasteiger partial charge in [0.15, 0.2) is 0 Å². The van der Waals surface area contributed by atoms with Crippen LogP contribution in [0.15, 0.2) is 24.3 Å². The van der Waals surface area contributed by atoms with Gasteiger partial charge in [-0.05, 0) is 29.7 Å². The van der Waals surface area contributed by atoms with Crippen molar-refractivity contribution in [2.24, 2.45) is 0 Å². The van der Waals surface area contributed by atoms with Gasteiger partial charge in [-0.2, -0.15) is 0 Å². The Labute approximate surface area is 101 Å². The third kappa shape index (κ3) is 3.17. The molecule has 3 nitrogen and oxygen atoms in total. The lowest BCUT2D eigenvalue weighted by Crippen LogP contribution is -2.23. The molecule has 0 saturated carbocycles. The van der Waals surface area contributed by atoms with E-state index in [0.29, 0.717) is 6.42 Å². The zero-order chi connectivity index (χ0) is 12.1. The van der Waals surface area contributed by atoms with Crippen LogP contribution < -0.4 is 5.32 Å². The highest BCUT2D eigenvalue weighted by Crippen LogP contribution is 2.16. The summed E-state index contributed by atoms with van der Waals surface area (Å²) in [7, 11) is 1.40. The molecule has 90 valence electrons. The Morgan fingerprint density at radius 2 is 2.35 bits per heavy atom. The monoisotopic (exact) mass is 231 g/mol. The molecule has 2 rings (SSSR count). The molecule has 1 aromatic carbocycles. The largest absolute Gasteiger partial charge is 0.469 e. The highest BCUT2D eigenvalue weighted by molar-refractivity contribution is 5.72. The molecule has 0 spiro atoms. The van der Waals surface area contributed by atoms with E-state index in [2.05, 4.69) is 28.3 Å². The number of hydrogen-bond donors (Lipinski definition) is 1. The van der Waals surface area contributed by atoms with Gasteiger partial charge >= 0.3 is 5.97 Å². The van der Waals surface area contributed by atoms with Crippen LogP contribution in [0.25, 0.3) is 6.08 Å². The molecule has 0 bridgehead atoms. The van der Waals surface area contributed by atoms with Crippen molar-refractivity contribution in [3.8, 4) is 0 Å². The second-order valence-electron chi connectivity index (χ2n) is 4.14. The molecule has 1 aliphatic rings. The van der Waals surface area contributed by atoms with Gasteiger partial charge in [0.1, 0.15) is 0 Å². The van der Waals surface area contributed by atoms with Gasteiger partial charge in [-0.1, -0.05) is 30.4 Å². The second-order valence-corrected chi connectivity index (χ2v) is 4.14. The Bertz CT molecular complexity index is 438. The number of rotatable bonds is 3. The first-order valence-corrected chi connectivity index (χ1v) is 5.85. The lowest BCUT2D eigenvalue weighted by Gasteiger charge is -2.17. The molecule has 0 fully saturated rings. The maximum Gasteiger partial charge on any atom is 0.309 e. The first-order valence-electron chi connectivity index (χ1n) is 5.85. The van der Waals surface area contributed by atoms with Crippen LogP contribution >= 0.6 is 0 Å². The summed E-state index contributed by atoms with van der Waals surface area (Å²) in [6.07, 6.45) is 5.22. The van der Waals surface area contributed by atoms with Crippen LogP contribution in [-0.4, -0.2) is 19.6 Å². The highest BCUT2D eigenvalue weighted by Gasteiger charge is 2.07. The standard InChI is InChI=1S/C14H17NO2/c1-17-14(16)4-2-3-11-5-6-13-10-15-8-7-12(13)9-11/h2-3,5-6,9,15H,4,7-8,10H2,1H3. The van der Waals surface area contributed by atoms with E-state index in [1.54, 1.807) is 0 Å². The van der Waals surface area contributed by atoms with E-state index < -0.39 is 0 Å². The molecule has 0 unspecified atom stereocenters. The van der Waals surface area contributed by atoms with Crippen molar-refractivity contribution in [2.75, 3.05) is 13.7 Å². The average Bonchev–Trinajstić information content (AvgIpc) is 2.38. The Morgan fingerprint density at radius 3 is 3.18 bits per heavy atom. The minimum absolute atomic E-state index is 0.205. The van der Waals surface area contributed by atoms with Crippen molar-refractivity contribution in [3.63, 3.8) is 0 Å². The molecule has 1 aromatic rings. The van der Waals surface area contributed by atoms with E-state index in [-0.39, 0.29) is 5.97 Å². The van der Waals surface area contributed by atoms with Crippen molar-refractivity contribution in [1.29, 1.82) is 0 Å². The molecule has 0 atom stereocenters. The summed E-state index contributed by atoms with van der Waals surface area (Å²) >= 11 is 0. The fourth-order valence-corrected chi connectivity index (χ4v) is 1.98. The third-order valence-electron chi connectivity index (χ3n) is 2.94. The molecule has 17 heavy (non-hydrogen) atoms. The average molecular weight is 231 g/mol. The molecule has 0 amide bonds. The molecular formula is C14H17NO2. The van der Waals surface area contributed by atoms with Crippen molar-refractivity contribution >= 4 is 12.0 Å². The summed E-state index contributed by atoms with van der Waals surface area (Å²) in [6.45, 7) is 2.00. The quantitative estimate of drug-likeness (QED) is 0.808. The van der Waals surface area contributed by atoms with Crippen molar-refractivity contribution in [3.05, 3.63) is 41.0 Å². The Hall–Kier alpha value is -1.61. The van der Waals surface area contributed by atoms with E-state index >= 15 is 0 Å². The van der Waals surface area contributed by atoms with Gasteiger partial charge in [0.25, 0.3) is 0 Å². The van der Waals surface area contributed by atoms with Crippen LogP contribution in [0.1, 0.15) is 23.1 Å². The maximum absolute atomic E-state index is 11.0. The second kappa shape index (κ2) is 5.64. The number of fused-ring (bicyclic) bond motifs is 1. The highest BCUT2D eigenvalue weighted by atomic mass is 16.5. The minimum Gasteiger partial charge on any atom is -0.469 e. The predicted molar refractivity (Wildman–Crippen MR) is 67.5 cm³/mol. The van der Waals surface area contributed by atoms with Crippen LogP contribution in [0.3, 0.4) is 0 Å². The topological polar surface area (TPSA) is 38.3 Å². The first kappa shape index (κ1) is 11.9. The third-order valence-corrected chi connectivity index (χ3v) is 2.94. The summed E-state index contributed by atoms with van der Waals surface area (Å²) in [6, 6.07) is 6.43. The summed E-state index contributed by atoms with van der Waals surface area (Å²) in [5.74, 6) is -0.205. The number of ether oxygens (including phenoxy) is 1. The number of benzene rings is 1. The number of esters is 1. The Morgan fingerprint density at radius 1 is 1.47 bits per heavy atom. The van der Waals surface area contributed by atoms with Crippen molar-refractivity contribution in [2.45, 2.75) is 19.4 Å². The summed E-state index contributed by atoms with van der Waals surface area (Å²) < 4.78 is 4.58. The molecule has 0 saturated heterocycles. The van der Waals surface area contributed by atoms with Crippen LogP contribution in [0.2, 0.25) is 0 Å². The summed E-state index contributed by atoms with van der Waals surface area (Å²) in [4.78, 5) is 11.0. The molecule has 1 N–H and O–H groups in total. The maximum atomic E-state index is 11.0. The molecule has 3 heteroatoms. The molecule has 1 aliphatic heterocycles. The van der Waals surface area contributed by atoms with E-state index in [0.717, 1.165) is 25.1 Å². The molecule has 0 aliphatic carbocycles. The van der Waals surface area contributed by atoms with Gasteiger partial charge in [0.2, 0.25) is 0 Å². The van der Waals surface area contributed by atoms with Crippen LogP contribution in [-0.2, 0) is 22.5 Å². The number of carbonyl (C=O) groups is 1. The molecular weight excluding hydrogens is 214 g/mol. The van der Waals surface area contributed by atoms with Crippen LogP contribution in [0, 0.1) is 0 Å². The molecule has 1 heterocycles. The predicted octanol–water partition coefficient (Wildman–Crippen LogP) is 1.91. The lowest BCUT2D eigenvalue weighted by molar-refractivity contribution is -0.139. The van der Waals surface area contributed by atoms with Gasteiger partial charge in [-0.3, -0.25) is 4.79 Å². The van der Waals surface area contributed by atoms with E-state index in [1.807, 2.05) is 12.2 Å². The molecule has 0 aromatic heterocycles. The van der Waals surface area contributed by atoms with E-state index in [4.69, 9.17) is 0 Å². The van der Waals surface area contributed by atoms with Gasteiger partial charge in [-0.25, -0.2) is 0 Å². The van der Waals surface area contributed by atoms with Crippen LogP contribution in [0.4, 0.5) is 0 Å². The number of hydrogen-bond acceptors (Lipinski definition) is 3. The lowest BCUT2D eigenvalue weighted by atomic mass is 9.98. The fraction of sp³-hybridized carbons (Fsp3) is 0.357. The van der Waals surface area contributed by atoms with E-state index in [9.17, 15) is 4.79 Å². The van der Waals surface area contributed by atoms with Gasteiger partial charge in [0, 0.05) is 6.54 Å². The van der Waals surface area contributed by atoms with Crippen LogP contribution in [0.5, 0.6) is 0 Å². The number of methoxy groups -OCH3 is 1. The zero-order valence-electron chi connectivity index (χ0n) is 10.0. The number of carbonyl (C=O) groups excluding carboxylic acids is 1. The van der Waals surface area contributed by atoms with E-state index in [1.165, 1.54) is 18.2 Å². The Kier molecular flexibility index (Phi) is 3.94. The normalized spacial score (nSPS) is 14.6. The molecule has 0 radical (unpaired) electrons. The van der Waals surface area contributed by atoms with Gasteiger partial charge in [0.05, 0.1) is 13.5 Å². The number of nitrogens with one attached hydrogen (secondary N) is 1. The van der Waals surface area contributed by atoms with Gasteiger partial charge < -0.3 is 10.1 Å². The zero-order valence-corrected chi connectivity index (χ0v) is 10.0. The Balaban J connectivity index is 2.04. The summed E-state index contributed by atoms with van der Waals surface area (Å²) in [5, 5.41) is 3.35. The minimum atomic E-state index is -0.205. The SMILES string of the molecule is COC(=O)CC=Cc1ccc2c(c1)CCNC2. The smallest absolute Gasteiger partial charge is 0.309 e. The van der Waals surface area contributed by atoms with Gasteiger partial charge in [-0.15, -0.1) is 0 Å². The summed E-state index contributed by atoms with van der Waals surface area (Å²) in [5.41, 5.74) is 3.93. The fourth-order valence-electron chi connectivity index (χ4n) is 1.98.